The molecule has 3 aromatic rings. The molecule has 0 aromatic heterocycles. The highest BCUT2D eigenvalue weighted by atomic mass is 19.4. The van der Waals surface area contributed by atoms with Crippen LogP contribution in [0.3, 0.4) is 0 Å². The van der Waals surface area contributed by atoms with Crippen LogP contribution >= 0.6 is 0 Å². The number of fused-ring (bicyclic) bond motifs is 1. The molecule has 0 saturated carbocycles. The number of carbonyl (C=O) groups is 2. The molecule has 0 fully saturated rings. The van der Waals surface area contributed by atoms with E-state index < -0.39 is 11.7 Å². The summed E-state index contributed by atoms with van der Waals surface area (Å²) in [6.45, 7) is 4.84. The predicted octanol–water partition coefficient (Wildman–Crippen LogP) is 6.25. The zero-order chi connectivity index (χ0) is 25.9. The minimum absolute atomic E-state index is 0.00524. The molecule has 5 nitrogen and oxygen atoms in total. The second-order valence-corrected chi connectivity index (χ2v) is 9.27. The highest BCUT2D eigenvalue weighted by Crippen LogP contribution is 2.35. The fourth-order valence-corrected chi connectivity index (χ4v) is 4.17. The zero-order valence-electron chi connectivity index (χ0n) is 20.1. The molecular weight excluding hydrogens is 467 g/mol. The summed E-state index contributed by atoms with van der Waals surface area (Å²) < 4.78 is 38.7. The fourth-order valence-electron chi connectivity index (χ4n) is 4.17. The molecule has 8 heteroatoms. The van der Waals surface area contributed by atoms with Crippen molar-refractivity contribution in [1.82, 2.24) is 10.2 Å². The van der Waals surface area contributed by atoms with E-state index in [1.54, 1.807) is 24.3 Å². The van der Waals surface area contributed by atoms with Crippen LogP contribution in [0.1, 0.15) is 63.8 Å². The summed E-state index contributed by atoms with van der Waals surface area (Å²) in [6, 6.07) is 19.2. The second-order valence-electron chi connectivity index (χ2n) is 9.27. The molecule has 1 heterocycles. The normalized spacial score (nSPS) is 15.2. The fraction of sp³-hybridized carbons (Fsp3) is 0.286. The number of hydrogen-bond donors (Lipinski definition) is 2. The number of nitrogens with one attached hydrogen (secondary N) is 2. The number of alkyl halides is 3. The third kappa shape index (κ3) is 5.70. The number of halogens is 3. The van der Waals surface area contributed by atoms with E-state index in [0.717, 1.165) is 29.8 Å². The van der Waals surface area contributed by atoms with Gasteiger partial charge in [0.1, 0.15) is 6.17 Å². The molecular formula is C28H28F3N3O2. The molecule has 36 heavy (non-hydrogen) atoms. The van der Waals surface area contributed by atoms with Crippen LogP contribution in [0, 0.1) is 5.92 Å². The zero-order valence-corrected chi connectivity index (χ0v) is 20.1. The maximum Gasteiger partial charge on any atom is 0.416 e. The van der Waals surface area contributed by atoms with Gasteiger partial charge in [0, 0.05) is 35.5 Å². The average Bonchev–Trinajstić information content (AvgIpc) is 3.12. The summed E-state index contributed by atoms with van der Waals surface area (Å²) in [7, 11) is 0. The van der Waals surface area contributed by atoms with Crippen molar-refractivity contribution < 1.29 is 22.8 Å². The Bertz CT molecular complexity index is 1240. The van der Waals surface area contributed by atoms with Gasteiger partial charge in [0.15, 0.2) is 0 Å². The maximum absolute atomic E-state index is 13.0. The lowest BCUT2D eigenvalue weighted by atomic mass is 10.1. The van der Waals surface area contributed by atoms with Crippen LogP contribution in [-0.2, 0) is 12.7 Å². The first-order chi connectivity index (χ1) is 17.1. The van der Waals surface area contributed by atoms with Crippen LogP contribution in [0.2, 0.25) is 0 Å². The van der Waals surface area contributed by atoms with Crippen molar-refractivity contribution in [2.75, 3.05) is 11.9 Å². The largest absolute Gasteiger partial charge is 0.416 e. The van der Waals surface area contributed by atoms with Crippen molar-refractivity contribution in [3.8, 4) is 0 Å². The molecule has 0 spiro atoms. The van der Waals surface area contributed by atoms with Gasteiger partial charge in [-0.15, -0.1) is 0 Å². The van der Waals surface area contributed by atoms with Crippen molar-refractivity contribution >= 4 is 17.5 Å². The van der Waals surface area contributed by atoms with Crippen LogP contribution in [0.5, 0.6) is 0 Å². The summed E-state index contributed by atoms with van der Waals surface area (Å²) in [4.78, 5) is 27.4. The number of anilines is 1. The van der Waals surface area contributed by atoms with Gasteiger partial charge in [-0.25, -0.2) is 0 Å². The van der Waals surface area contributed by atoms with Crippen LogP contribution < -0.4 is 10.6 Å². The first-order valence-corrected chi connectivity index (χ1v) is 11.8. The summed E-state index contributed by atoms with van der Waals surface area (Å²) in [6.07, 6.45) is -3.87. The highest BCUT2D eigenvalue weighted by Gasteiger charge is 2.36. The Labute approximate surface area is 208 Å². The smallest absolute Gasteiger partial charge is 0.361 e. The number of hydrogen-bond acceptors (Lipinski definition) is 3. The van der Waals surface area contributed by atoms with E-state index in [1.807, 2.05) is 29.2 Å². The van der Waals surface area contributed by atoms with Crippen molar-refractivity contribution in [2.45, 2.75) is 39.2 Å². The van der Waals surface area contributed by atoms with Gasteiger partial charge < -0.3 is 15.5 Å². The van der Waals surface area contributed by atoms with Gasteiger partial charge in [0.05, 0.1) is 5.56 Å². The minimum atomic E-state index is -4.43. The molecule has 0 aliphatic carbocycles. The van der Waals surface area contributed by atoms with E-state index in [0.29, 0.717) is 29.2 Å². The standard InChI is InChI=1S/C28H28F3N3O2/c1-18(2)14-15-34-25(23-8-3-4-9-24(23)27(34)36)33-22-12-10-20(11-13-22)26(35)32-17-19-6-5-7-21(16-19)28(29,30)31/h3-13,16,18,25,33H,14-15,17H2,1-2H3,(H,32,35). The van der Waals surface area contributed by atoms with Crippen molar-refractivity contribution in [3.05, 3.63) is 101 Å². The van der Waals surface area contributed by atoms with E-state index in [9.17, 15) is 22.8 Å². The van der Waals surface area contributed by atoms with Crippen molar-refractivity contribution in [3.63, 3.8) is 0 Å². The van der Waals surface area contributed by atoms with E-state index >= 15 is 0 Å². The lowest BCUT2D eigenvalue weighted by molar-refractivity contribution is -0.137. The van der Waals surface area contributed by atoms with Gasteiger partial charge >= 0.3 is 6.18 Å². The lowest BCUT2D eigenvalue weighted by Crippen LogP contribution is -2.33. The molecule has 1 unspecified atom stereocenters. The number of carbonyl (C=O) groups excluding carboxylic acids is 2. The second kappa shape index (κ2) is 10.4. The van der Waals surface area contributed by atoms with E-state index in [2.05, 4.69) is 24.5 Å². The molecule has 1 atom stereocenters. The Balaban J connectivity index is 1.43. The van der Waals surface area contributed by atoms with Gasteiger partial charge in [-0.1, -0.05) is 44.2 Å². The molecule has 4 rings (SSSR count). The molecule has 2 amide bonds. The van der Waals surface area contributed by atoms with Crippen molar-refractivity contribution in [1.29, 1.82) is 0 Å². The topological polar surface area (TPSA) is 61.4 Å². The predicted molar refractivity (Wildman–Crippen MR) is 132 cm³/mol. The Morgan fingerprint density at radius 2 is 1.72 bits per heavy atom. The first kappa shape index (κ1) is 25.3. The van der Waals surface area contributed by atoms with Crippen LogP contribution in [0.25, 0.3) is 0 Å². The first-order valence-electron chi connectivity index (χ1n) is 11.8. The third-order valence-corrected chi connectivity index (χ3v) is 6.16. The molecule has 188 valence electrons. The lowest BCUT2D eigenvalue weighted by Gasteiger charge is -2.28. The van der Waals surface area contributed by atoms with E-state index in [4.69, 9.17) is 0 Å². The SMILES string of the molecule is CC(C)CCN1C(=O)c2ccccc2C1Nc1ccc(C(=O)NCc2cccc(C(F)(F)F)c2)cc1. The Morgan fingerprint density at radius 1 is 1.00 bits per heavy atom. The van der Waals surface area contributed by atoms with Gasteiger partial charge in [-0.05, 0) is 60.4 Å². The van der Waals surface area contributed by atoms with Crippen LogP contribution in [0.4, 0.5) is 18.9 Å². The molecule has 0 saturated heterocycles. The number of benzene rings is 3. The van der Waals surface area contributed by atoms with E-state index in [1.165, 1.54) is 12.1 Å². The Kier molecular flexibility index (Phi) is 7.33. The summed E-state index contributed by atoms with van der Waals surface area (Å²) in [5.41, 5.74) is 2.33. The van der Waals surface area contributed by atoms with Crippen LogP contribution in [-0.4, -0.2) is 23.3 Å². The number of amides is 2. The van der Waals surface area contributed by atoms with Gasteiger partial charge in [0.2, 0.25) is 0 Å². The van der Waals surface area contributed by atoms with Crippen LogP contribution in [0.15, 0.2) is 72.8 Å². The van der Waals surface area contributed by atoms with Gasteiger partial charge in [-0.3, -0.25) is 9.59 Å². The number of rotatable bonds is 8. The Morgan fingerprint density at radius 3 is 2.42 bits per heavy atom. The highest BCUT2D eigenvalue weighted by molar-refractivity contribution is 5.99. The molecule has 0 radical (unpaired) electrons. The summed E-state index contributed by atoms with van der Waals surface area (Å²) >= 11 is 0. The van der Waals surface area contributed by atoms with Gasteiger partial charge in [-0.2, -0.15) is 13.2 Å². The molecule has 0 bridgehead atoms. The van der Waals surface area contributed by atoms with E-state index in [-0.39, 0.29) is 24.5 Å². The molecule has 1 aliphatic rings. The van der Waals surface area contributed by atoms with Gasteiger partial charge in [0.25, 0.3) is 11.8 Å². The third-order valence-electron chi connectivity index (χ3n) is 6.16. The molecule has 2 N–H and O–H groups in total. The minimum Gasteiger partial charge on any atom is -0.361 e. The Hall–Kier alpha value is -3.81. The average molecular weight is 496 g/mol. The quantitative estimate of drug-likeness (QED) is 0.388. The summed E-state index contributed by atoms with van der Waals surface area (Å²) in [5, 5.41) is 6.07. The monoisotopic (exact) mass is 495 g/mol. The maximum atomic E-state index is 13.0. The molecule has 1 aliphatic heterocycles. The van der Waals surface area contributed by atoms with Crippen molar-refractivity contribution in [2.24, 2.45) is 5.92 Å². The molecule has 3 aromatic carbocycles. The number of nitrogens with zero attached hydrogens (tertiary/aromatic N) is 1. The summed E-state index contributed by atoms with van der Waals surface area (Å²) in [5.74, 6) is 0.0594.